The van der Waals surface area contributed by atoms with E-state index in [1.807, 2.05) is 0 Å². The summed E-state index contributed by atoms with van der Waals surface area (Å²) in [5.74, 6) is 3.97. The van der Waals surface area contributed by atoms with Crippen molar-refractivity contribution in [3.8, 4) is 0 Å². The van der Waals surface area contributed by atoms with Gasteiger partial charge in [0.1, 0.15) is 5.69 Å². The topological polar surface area (TPSA) is 208 Å². The fourth-order valence-corrected chi connectivity index (χ4v) is 14.5. The first-order valence-corrected chi connectivity index (χ1v) is 25.2. The van der Waals surface area contributed by atoms with Crippen molar-refractivity contribution in [1.82, 2.24) is 9.62 Å². The summed E-state index contributed by atoms with van der Waals surface area (Å²) in [7, 11) is -4.28. The van der Waals surface area contributed by atoms with Crippen LogP contribution in [0.4, 0.5) is 22.7 Å². The van der Waals surface area contributed by atoms with Gasteiger partial charge in [0.15, 0.2) is 4.90 Å². The number of nitro groups is 3. The van der Waals surface area contributed by atoms with E-state index in [2.05, 4.69) is 51.3 Å². The Bertz CT molecular complexity index is 2170. The molecule has 3 saturated carbocycles. The molecular weight excluding hydrogens is 837 g/mol. The van der Waals surface area contributed by atoms with Gasteiger partial charge in [0.25, 0.3) is 17.1 Å². The summed E-state index contributed by atoms with van der Waals surface area (Å²) < 4.78 is 30.6. The first kappa shape index (κ1) is 49.0. The fraction of sp³-hybridized carbons (Fsp3) is 0.688. The number of carbonyl (C=O) groups is 1. The number of hydrogen-bond acceptors (Lipinski definition) is 10. The Labute approximate surface area is 379 Å². The predicted octanol–water partition coefficient (Wildman–Crippen LogP) is 11.0. The van der Waals surface area contributed by atoms with Crippen LogP contribution < -0.4 is 10.6 Å². The minimum Gasteiger partial charge on any atom is -0.379 e. The van der Waals surface area contributed by atoms with E-state index in [0.29, 0.717) is 68.2 Å². The SMILES string of the molecule is CC(C)CCCC(C)[C@H]1CCC2C3CC=C4C[C@@H](N(CCCNC(=O)CCCCCNc5ccc([N+](=O)[O-])cc5[N+](=O)[O-])S(=O)(=O)c5ccccc5[N+](=O)[O-])CC[C@]4(C)C3CC[C@@]21C. The molecule has 3 fully saturated rings. The molecule has 2 aromatic carbocycles. The second kappa shape index (κ2) is 20.8. The molecule has 0 bridgehead atoms. The van der Waals surface area contributed by atoms with Crippen molar-refractivity contribution < 1.29 is 28.0 Å². The van der Waals surface area contributed by atoms with E-state index in [4.69, 9.17) is 0 Å². The van der Waals surface area contributed by atoms with E-state index in [0.717, 1.165) is 36.7 Å². The monoisotopic (exact) mass is 906 g/mol. The summed E-state index contributed by atoms with van der Waals surface area (Å²) in [6.45, 7) is 12.9. The molecule has 0 aliphatic heterocycles. The molecule has 0 heterocycles. The standard InChI is InChI=1S/C48H70N6O9S/c1-33(2)13-11-14-34(3)39-21-22-40-38-20-18-35-31-36(24-26-47(35,4)41(38)25-27-48(39,40)5)51(64(62,63)45-16-9-8-15-43(45)53(58)59)30-12-29-50-46(55)17-7-6-10-28-49-42-23-19-37(52(56)57)32-44(42)54(60)61/h8-9,15-16,18-19,23,32-34,36,38-41,49H,6-7,10-14,17,20-22,24-31H2,1-5H3,(H,50,55)/t34?,36-,38?,39+,40?,41?,47-,48+/m0/s1. The average Bonchev–Trinajstić information content (AvgIpc) is 3.61. The zero-order valence-corrected chi connectivity index (χ0v) is 39.3. The third-order valence-corrected chi connectivity index (χ3v) is 18.0. The van der Waals surface area contributed by atoms with Crippen LogP contribution >= 0.6 is 0 Å². The number of nitrogens with zero attached hydrogens (tertiary/aromatic N) is 4. The maximum atomic E-state index is 14.6. The number of carbonyl (C=O) groups excluding carboxylic acids is 1. The number of para-hydroxylation sites is 1. The van der Waals surface area contributed by atoms with Crippen LogP contribution in [0.3, 0.4) is 0 Å². The van der Waals surface area contributed by atoms with E-state index in [9.17, 15) is 43.6 Å². The molecule has 0 spiro atoms. The van der Waals surface area contributed by atoms with Crippen LogP contribution in [0, 0.1) is 76.7 Å². The number of fused-ring (bicyclic) bond motifs is 5. The second-order valence-electron chi connectivity index (χ2n) is 20.2. The van der Waals surface area contributed by atoms with Gasteiger partial charge < -0.3 is 10.6 Å². The van der Waals surface area contributed by atoms with Crippen molar-refractivity contribution in [3.05, 3.63) is 84.5 Å². The molecule has 4 aliphatic rings. The Morgan fingerprint density at radius 3 is 2.30 bits per heavy atom. The largest absolute Gasteiger partial charge is 0.379 e. The molecule has 15 nitrogen and oxygen atoms in total. The number of anilines is 1. The van der Waals surface area contributed by atoms with Crippen molar-refractivity contribution in [2.75, 3.05) is 25.0 Å². The zero-order chi connectivity index (χ0) is 46.4. The average molecular weight is 907 g/mol. The summed E-state index contributed by atoms with van der Waals surface area (Å²) in [4.78, 5) is 45.1. The van der Waals surface area contributed by atoms with E-state index < -0.39 is 30.5 Å². The lowest BCUT2D eigenvalue weighted by atomic mass is 9.47. The molecule has 0 aromatic heterocycles. The maximum Gasteiger partial charge on any atom is 0.299 e. The van der Waals surface area contributed by atoms with Gasteiger partial charge in [-0.15, -0.1) is 0 Å². The molecule has 16 heteroatoms. The van der Waals surface area contributed by atoms with Crippen LogP contribution in [0.2, 0.25) is 0 Å². The molecule has 0 radical (unpaired) electrons. The van der Waals surface area contributed by atoms with Gasteiger partial charge in [-0.3, -0.25) is 35.1 Å². The summed E-state index contributed by atoms with van der Waals surface area (Å²) in [5.41, 5.74) is 0.682. The van der Waals surface area contributed by atoms with Crippen LogP contribution in [0.25, 0.3) is 0 Å². The molecule has 1 amide bonds. The maximum absolute atomic E-state index is 14.6. The van der Waals surface area contributed by atoms with Crippen molar-refractivity contribution in [2.45, 2.75) is 148 Å². The van der Waals surface area contributed by atoms with Gasteiger partial charge >= 0.3 is 0 Å². The molecule has 2 aromatic rings. The molecule has 2 N–H and O–H groups in total. The smallest absolute Gasteiger partial charge is 0.299 e. The van der Waals surface area contributed by atoms with Gasteiger partial charge in [-0.25, -0.2) is 8.42 Å². The number of non-ortho nitro benzene ring substituents is 1. The number of rotatable bonds is 22. The first-order chi connectivity index (χ1) is 30.4. The third kappa shape index (κ3) is 10.6. The van der Waals surface area contributed by atoms with E-state index in [-0.39, 0.29) is 58.8 Å². The highest BCUT2D eigenvalue weighted by Crippen LogP contribution is 2.67. The number of amides is 1. The lowest BCUT2D eigenvalue weighted by Gasteiger charge is -2.59. The molecule has 4 aliphatic carbocycles. The van der Waals surface area contributed by atoms with Gasteiger partial charge in [-0.1, -0.05) is 84.1 Å². The third-order valence-electron chi connectivity index (χ3n) is 16.0. The van der Waals surface area contributed by atoms with Crippen LogP contribution in [0.15, 0.2) is 59.0 Å². The minimum absolute atomic E-state index is 0.0113. The van der Waals surface area contributed by atoms with Crippen LogP contribution in [0.5, 0.6) is 0 Å². The van der Waals surface area contributed by atoms with Crippen molar-refractivity contribution >= 4 is 38.7 Å². The van der Waals surface area contributed by atoms with Crippen molar-refractivity contribution in [3.63, 3.8) is 0 Å². The van der Waals surface area contributed by atoms with Crippen LogP contribution in [-0.4, -0.2) is 59.1 Å². The lowest BCUT2D eigenvalue weighted by Crippen LogP contribution is -2.53. The molecule has 8 atom stereocenters. The van der Waals surface area contributed by atoms with Crippen LogP contribution in [0.1, 0.15) is 137 Å². The fourth-order valence-electron chi connectivity index (χ4n) is 12.7. The molecule has 352 valence electrons. The Morgan fingerprint density at radius 1 is 0.828 bits per heavy atom. The van der Waals surface area contributed by atoms with Crippen LogP contribution in [-0.2, 0) is 14.8 Å². The van der Waals surface area contributed by atoms with Gasteiger partial charge in [-0.05, 0) is 129 Å². The Hall–Kier alpha value is -4.44. The Balaban J connectivity index is 1.06. The predicted molar refractivity (Wildman–Crippen MR) is 248 cm³/mol. The molecule has 6 rings (SSSR count). The number of benzene rings is 2. The highest BCUT2D eigenvalue weighted by Gasteiger charge is 2.59. The number of nitro benzene ring substituents is 3. The zero-order valence-electron chi connectivity index (χ0n) is 38.5. The lowest BCUT2D eigenvalue weighted by molar-refractivity contribution is -0.393. The van der Waals surface area contributed by atoms with Gasteiger partial charge in [0.2, 0.25) is 15.9 Å². The summed E-state index contributed by atoms with van der Waals surface area (Å²) in [6.07, 6.45) is 17.0. The molecular formula is C48H70N6O9S. The molecule has 0 saturated heterocycles. The normalized spacial score (nSPS) is 26.9. The van der Waals surface area contributed by atoms with Gasteiger partial charge in [-0.2, -0.15) is 4.31 Å². The number of nitrogens with one attached hydrogen (secondary N) is 2. The number of hydrogen-bond donors (Lipinski definition) is 2. The van der Waals surface area contributed by atoms with E-state index >= 15 is 0 Å². The molecule has 4 unspecified atom stereocenters. The quantitative estimate of drug-likeness (QED) is 0.0494. The number of allylic oxidation sites excluding steroid dienone is 1. The van der Waals surface area contributed by atoms with Gasteiger partial charge in [0.05, 0.1) is 20.8 Å². The number of sulfonamides is 1. The number of unbranched alkanes of at least 4 members (excludes halogenated alkanes) is 2. The van der Waals surface area contributed by atoms with Crippen molar-refractivity contribution in [1.29, 1.82) is 0 Å². The molecule has 64 heavy (non-hydrogen) atoms. The minimum atomic E-state index is -4.28. The highest BCUT2D eigenvalue weighted by molar-refractivity contribution is 7.89. The summed E-state index contributed by atoms with van der Waals surface area (Å²) in [5, 5.41) is 40.4. The van der Waals surface area contributed by atoms with Gasteiger partial charge in [0, 0.05) is 44.2 Å². The van der Waals surface area contributed by atoms with E-state index in [1.165, 1.54) is 91.2 Å². The summed E-state index contributed by atoms with van der Waals surface area (Å²) in [6, 6.07) is 8.63. The second-order valence-corrected chi connectivity index (χ2v) is 22.0. The van der Waals surface area contributed by atoms with Crippen molar-refractivity contribution in [2.24, 2.45) is 46.3 Å². The summed E-state index contributed by atoms with van der Waals surface area (Å²) >= 11 is 0. The Kier molecular flexibility index (Phi) is 15.9. The first-order valence-electron chi connectivity index (χ1n) is 23.8. The Morgan fingerprint density at radius 2 is 1.58 bits per heavy atom. The highest BCUT2D eigenvalue weighted by atomic mass is 32.2. The van der Waals surface area contributed by atoms with E-state index in [1.54, 1.807) is 0 Å².